The van der Waals surface area contributed by atoms with E-state index in [1.807, 2.05) is 0 Å². The molecule has 160 valence electrons. The molecule has 1 fully saturated rings. The second kappa shape index (κ2) is 10.6. The lowest BCUT2D eigenvalue weighted by atomic mass is 9.96. The van der Waals surface area contributed by atoms with E-state index in [0.29, 0.717) is 23.7 Å². The average molecular weight is 473 g/mol. The molecule has 0 unspecified atom stereocenters. The summed E-state index contributed by atoms with van der Waals surface area (Å²) in [6, 6.07) is 13.8. The standard InChI is InChI=1S/C23H29BrN4O2/c1-16-2-4-18(5-3-16)15-28-10-8-17(9-11-28)13-26-22(29)14-27-23(30)20-12-19(24)6-7-21(20)25/h2-7,12,17H,8-11,13-15,25H2,1H3,(H,26,29)(H,27,30). The van der Waals surface area contributed by atoms with Crippen LogP contribution in [0.25, 0.3) is 0 Å². The first-order valence-electron chi connectivity index (χ1n) is 10.3. The van der Waals surface area contributed by atoms with Gasteiger partial charge in [-0.25, -0.2) is 0 Å². The lowest BCUT2D eigenvalue weighted by Crippen LogP contribution is -2.41. The molecule has 2 amide bonds. The van der Waals surface area contributed by atoms with Crippen LogP contribution in [0.3, 0.4) is 0 Å². The number of hydrogen-bond donors (Lipinski definition) is 3. The minimum atomic E-state index is -0.353. The van der Waals surface area contributed by atoms with Crippen LogP contribution in [-0.2, 0) is 11.3 Å². The third kappa shape index (κ3) is 6.57. The Kier molecular flexibility index (Phi) is 7.87. The van der Waals surface area contributed by atoms with Crippen LogP contribution in [0.5, 0.6) is 0 Å². The minimum Gasteiger partial charge on any atom is -0.398 e. The molecule has 0 saturated carbocycles. The van der Waals surface area contributed by atoms with Gasteiger partial charge in [-0.15, -0.1) is 0 Å². The molecule has 0 radical (unpaired) electrons. The smallest absolute Gasteiger partial charge is 0.253 e. The summed E-state index contributed by atoms with van der Waals surface area (Å²) in [5.74, 6) is -0.0630. The molecular weight excluding hydrogens is 444 g/mol. The topological polar surface area (TPSA) is 87.5 Å². The third-order valence-corrected chi connectivity index (χ3v) is 5.98. The van der Waals surface area contributed by atoms with Gasteiger partial charge >= 0.3 is 0 Å². The Balaban J connectivity index is 1.35. The highest BCUT2D eigenvalue weighted by molar-refractivity contribution is 9.10. The zero-order valence-electron chi connectivity index (χ0n) is 17.3. The molecule has 1 aliphatic rings. The molecular formula is C23H29BrN4O2. The van der Waals surface area contributed by atoms with Crippen molar-refractivity contribution in [3.05, 3.63) is 63.6 Å². The van der Waals surface area contributed by atoms with Gasteiger partial charge in [0.2, 0.25) is 5.91 Å². The van der Waals surface area contributed by atoms with Crippen molar-refractivity contribution in [3.8, 4) is 0 Å². The fraction of sp³-hybridized carbons (Fsp3) is 0.391. The summed E-state index contributed by atoms with van der Waals surface area (Å²) in [6.45, 7) is 5.74. The van der Waals surface area contributed by atoms with E-state index in [9.17, 15) is 9.59 Å². The van der Waals surface area contributed by atoms with Crippen molar-refractivity contribution in [2.45, 2.75) is 26.3 Å². The van der Waals surface area contributed by atoms with Crippen LogP contribution < -0.4 is 16.4 Å². The van der Waals surface area contributed by atoms with Gasteiger partial charge in [-0.2, -0.15) is 0 Å². The average Bonchev–Trinajstić information content (AvgIpc) is 2.75. The van der Waals surface area contributed by atoms with Gasteiger partial charge in [0.1, 0.15) is 0 Å². The van der Waals surface area contributed by atoms with Gasteiger partial charge in [0, 0.05) is 23.2 Å². The lowest BCUT2D eigenvalue weighted by molar-refractivity contribution is -0.120. The number of nitrogen functional groups attached to an aromatic ring is 1. The Hall–Kier alpha value is -2.38. The number of aryl methyl sites for hydroxylation is 1. The fourth-order valence-electron chi connectivity index (χ4n) is 3.60. The zero-order valence-corrected chi connectivity index (χ0v) is 18.9. The molecule has 1 saturated heterocycles. The zero-order chi connectivity index (χ0) is 21.5. The molecule has 30 heavy (non-hydrogen) atoms. The van der Waals surface area contributed by atoms with Gasteiger partial charge in [0.25, 0.3) is 5.91 Å². The summed E-state index contributed by atoms with van der Waals surface area (Å²) < 4.78 is 0.764. The number of likely N-dealkylation sites (tertiary alicyclic amines) is 1. The molecule has 7 heteroatoms. The molecule has 1 aliphatic heterocycles. The van der Waals surface area contributed by atoms with Gasteiger partial charge < -0.3 is 16.4 Å². The van der Waals surface area contributed by atoms with Crippen LogP contribution in [0.2, 0.25) is 0 Å². The normalized spacial score (nSPS) is 15.0. The molecule has 0 spiro atoms. The molecule has 4 N–H and O–H groups in total. The van der Waals surface area contributed by atoms with E-state index in [1.165, 1.54) is 11.1 Å². The summed E-state index contributed by atoms with van der Waals surface area (Å²) in [5, 5.41) is 5.58. The highest BCUT2D eigenvalue weighted by Crippen LogP contribution is 2.19. The summed E-state index contributed by atoms with van der Waals surface area (Å²) >= 11 is 3.32. The van der Waals surface area contributed by atoms with Gasteiger partial charge in [-0.05, 0) is 62.5 Å². The van der Waals surface area contributed by atoms with Crippen LogP contribution in [-0.4, -0.2) is 42.9 Å². The van der Waals surface area contributed by atoms with E-state index in [2.05, 4.69) is 62.7 Å². The largest absolute Gasteiger partial charge is 0.398 e. The van der Waals surface area contributed by atoms with E-state index in [1.54, 1.807) is 18.2 Å². The number of halogens is 1. The lowest BCUT2D eigenvalue weighted by Gasteiger charge is -2.32. The summed E-state index contributed by atoms with van der Waals surface area (Å²) in [7, 11) is 0. The molecule has 3 rings (SSSR count). The third-order valence-electron chi connectivity index (χ3n) is 5.49. The molecule has 2 aromatic rings. The Bertz CT molecular complexity index is 877. The first-order chi connectivity index (χ1) is 14.4. The van der Waals surface area contributed by atoms with Crippen molar-refractivity contribution in [2.24, 2.45) is 5.92 Å². The summed E-state index contributed by atoms with van der Waals surface area (Å²) in [5.41, 5.74) is 9.20. The number of nitrogens with zero attached hydrogens (tertiary/aromatic N) is 1. The number of rotatable bonds is 7. The predicted octanol–water partition coefficient (Wildman–Crippen LogP) is 3.10. The van der Waals surface area contributed by atoms with Gasteiger partial charge in [-0.3, -0.25) is 14.5 Å². The second-order valence-corrected chi connectivity index (χ2v) is 8.84. The van der Waals surface area contributed by atoms with Crippen molar-refractivity contribution in [1.82, 2.24) is 15.5 Å². The van der Waals surface area contributed by atoms with Crippen molar-refractivity contribution >= 4 is 33.4 Å². The first kappa shape index (κ1) is 22.3. The number of carbonyl (C=O) groups excluding carboxylic acids is 2. The van der Waals surface area contributed by atoms with E-state index >= 15 is 0 Å². The fourth-order valence-corrected chi connectivity index (χ4v) is 3.96. The van der Waals surface area contributed by atoms with Crippen molar-refractivity contribution in [1.29, 1.82) is 0 Å². The molecule has 1 heterocycles. The second-order valence-electron chi connectivity index (χ2n) is 7.92. The number of piperidine rings is 1. The monoisotopic (exact) mass is 472 g/mol. The Morgan fingerprint density at radius 2 is 1.80 bits per heavy atom. The van der Waals surface area contributed by atoms with Crippen LogP contribution in [0.1, 0.15) is 34.3 Å². The number of amides is 2. The first-order valence-corrected chi connectivity index (χ1v) is 11.1. The maximum Gasteiger partial charge on any atom is 0.253 e. The van der Waals surface area contributed by atoms with E-state index in [4.69, 9.17) is 5.73 Å². The Morgan fingerprint density at radius 1 is 1.10 bits per heavy atom. The van der Waals surface area contributed by atoms with Crippen LogP contribution in [0, 0.1) is 12.8 Å². The maximum atomic E-state index is 12.2. The SMILES string of the molecule is Cc1ccc(CN2CCC(CNC(=O)CNC(=O)c3cc(Br)ccc3N)CC2)cc1. The predicted molar refractivity (Wildman–Crippen MR) is 123 cm³/mol. The Labute approximate surface area is 186 Å². The van der Waals surface area contributed by atoms with E-state index in [-0.39, 0.29) is 18.4 Å². The van der Waals surface area contributed by atoms with Gasteiger partial charge in [-0.1, -0.05) is 45.8 Å². The highest BCUT2D eigenvalue weighted by Gasteiger charge is 2.20. The van der Waals surface area contributed by atoms with Gasteiger partial charge in [0.15, 0.2) is 0 Å². The molecule has 2 aromatic carbocycles. The van der Waals surface area contributed by atoms with Crippen LogP contribution in [0.4, 0.5) is 5.69 Å². The summed E-state index contributed by atoms with van der Waals surface area (Å²) in [6.07, 6.45) is 2.13. The van der Waals surface area contributed by atoms with Crippen LogP contribution in [0.15, 0.2) is 46.9 Å². The van der Waals surface area contributed by atoms with Crippen LogP contribution >= 0.6 is 15.9 Å². The van der Waals surface area contributed by atoms with E-state index < -0.39 is 0 Å². The minimum absolute atomic E-state index is 0.0585. The maximum absolute atomic E-state index is 12.2. The summed E-state index contributed by atoms with van der Waals surface area (Å²) in [4.78, 5) is 26.8. The number of hydrogen-bond acceptors (Lipinski definition) is 4. The van der Waals surface area contributed by atoms with Crippen molar-refractivity contribution in [2.75, 3.05) is 31.9 Å². The quantitative estimate of drug-likeness (QED) is 0.540. The number of benzene rings is 2. The molecule has 0 bridgehead atoms. The van der Waals surface area contributed by atoms with Gasteiger partial charge in [0.05, 0.1) is 12.1 Å². The molecule has 6 nitrogen and oxygen atoms in total. The number of anilines is 1. The molecule has 0 aliphatic carbocycles. The number of carbonyl (C=O) groups is 2. The van der Waals surface area contributed by atoms with E-state index in [0.717, 1.165) is 36.9 Å². The van der Waals surface area contributed by atoms with Crippen molar-refractivity contribution < 1.29 is 9.59 Å². The molecule has 0 atom stereocenters. The highest BCUT2D eigenvalue weighted by atomic mass is 79.9. The van der Waals surface area contributed by atoms with Crippen molar-refractivity contribution in [3.63, 3.8) is 0 Å². The molecule has 0 aromatic heterocycles. The number of nitrogens with two attached hydrogens (primary N) is 1. The Morgan fingerprint density at radius 3 is 2.50 bits per heavy atom. The number of nitrogens with one attached hydrogen (secondary N) is 2.